The van der Waals surface area contributed by atoms with E-state index in [0.717, 1.165) is 42.8 Å². The van der Waals surface area contributed by atoms with Crippen molar-refractivity contribution in [2.75, 3.05) is 19.6 Å². The molecule has 2 aromatic rings. The highest BCUT2D eigenvalue weighted by Gasteiger charge is 2.30. The summed E-state index contributed by atoms with van der Waals surface area (Å²) in [5.74, 6) is 0.972. The average Bonchev–Trinajstić information content (AvgIpc) is 3.05. The highest BCUT2D eigenvalue weighted by Crippen LogP contribution is 2.27. The van der Waals surface area contributed by atoms with Gasteiger partial charge in [0.15, 0.2) is 0 Å². The molecule has 0 saturated carbocycles. The molecule has 1 fully saturated rings. The molecule has 1 aromatic carbocycles. The molecule has 3 N–H and O–H groups in total. The van der Waals surface area contributed by atoms with E-state index in [9.17, 15) is 9.59 Å². The van der Waals surface area contributed by atoms with Crippen molar-refractivity contribution in [3.8, 4) is 0 Å². The zero-order valence-electron chi connectivity index (χ0n) is 14.7. The number of H-pyrrole nitrogens is 1. The van der Waals surface area contributed by atoms with Gasteiger partial charge in [-0.25, -0.2) is 9.78 Å². The zero-order chi connectivity index (χ0) is 17.8. The molecule has 1 aliphatic rings. The Bertz CT molecular complexity index is 724. The van der Waals surface area contributed by atoms with Gasteiger partial charge in [0.2, 0.25) is 5.91 Å². The molecule has 25 heavy (non-hydrogen) atoms. The fraction of sp³-hybridized carbons (Fsp3) is 0.500. The van der Waals surface area contributed by atoms with Crippen molar-refractivity contribution in [1.29, 1.82) is 0 Å². The van der Waals surface area contributed by atoms with Gasteiger partial charge in [0.25, 0.3) is 0 Å². The quantitative estimate of drug-likeness (QED) is 0.792. The summed E-state index contributed by atoms with van der Waals surface area (Å²) < 4.78 is 0. The summed E-state index contributed by atoms with van der Waals surface area (Å²) in [6.45, 7) is 5.75. The Balaban J connectivity index is 1.66. The van der Waals surface area contributed by atoms with Crippen molar-refractivity contribution in [2.45, 2.75) is 38.6 Å². The number of nitrogens with one attached hydrogen (secondary N) is 3. The van der Waals surface area contributed by atoms with Gasteiger partial charge in [-0.3, -0.25) is 15.0 Å². The van der Waals surface area contributed by atoms with Gasteiger partial charge in [-0.05, 0) is 45.4 Å². The van der Waals surface area contributed by atoms with E-state index in [0.29, 0.717) is 6.54 Å². The summed E-state index contributed by atoms with van der Waals surface area (Å²) in [6.07, 6.45) is 2.04. The van der Waals surface area contributed by atoms with E-state index < -0.39 is 6.03 Å². The minimum Gasteiger partial charge on any atom is -0.342 e. The lowest BCUT2D eigenvalue weighted by atomic mass is 9.96. The van der Waals surface area contributed by atoms with E-state index in [2.05, 4.69) is 20.5 Å². The Hall–Kier alpha value is -2.41. The second kappa shape index (κ2) is 7.65. The van der Waals surface area contributed by atoms with Crippen LogP contribution in [0.5, 0.6) is 0 Å². The van der Waals surface area contributed by atoms with Gasteiger partial charge in [-0.2, -0.15) is 0 Å². The first-order valence-electron chi connectivity index (χ1n) is 8.86. The number of carbonyl (C=O) groups excluding carboxylic acids is 2. The van der Waals surface area contributed by atoms with Crippen LogP contribution in [0.3, 0.4) is 0 Å². The van der Waals surface area contributed by atoms with Gasteiger partial charge in [-0.1, -0.05) is 12.1 Å². The predicted octanol–water partition coefficient (Wildman–Crippen LogP) is 1.98. The highest BCUT2D eigenvalue weighted by atomic mass is 16.2. The van der Waals surface area contributed by atoms with Gasteiger partial charge in [0, 0.05) is 19.0 Å². The van der Waals surface area contributed by atoms with E-state index >= 15 is 0 Å². The Morgan fingerprint density at radius 2 is 2.20 bits per heavy atom. The highest BCUT2D eigenvalue weighted by molar-refractivity contribution is 5.96. The van der Waals surface area contributed by atoms with Gasteiger partial charge >= 0.3 is 6.03 Å². The molecule has 1 aromatic heterocycles. The van der Waals surface area contributed by atoms with Crippen molar-refractivity contribution in [1.82, 2.24) is 25.5 Å². The van der Waals surface area contributed by atoms with Crippen LogP contribution >= 0.6 is 0 Å². The van der Waals surface area contributed by atoms with E-state index in [-0.39, 0.29) is 17.9 Å². The molecule has 2 atom stereocenters. The van der Waals surface area contributed by atoms with Gasteiger partial charge < -0.3 is 10.3 Å². The lowest BCUT2D eigenvalue weighted by Crippen LogP contribution is -2.51. The van der Waals surface area contributed by atoms with Crippen LogP contribution in [0, 0.1) is 0 Å². The summed E-state index contributed by atoms with van der Waals surface area (Å²) >= 11 is 0. The van der Waals surface area contributed by atoms with Gasteiger partial charge in [-0.15, -0.1) is 0 Å². The molecule has 7 heteroatoms. The van der Waals surface area contributed by atoms with Crippen LogP contribution in [-0.2, 0) is 4.79 Å². The van der Waals surface area contributed by atoms with Crippen LogP contribution in [0.1, 0.15) is 38.4 Å². The standard InChI is InChI=1S/C18H25N5O2/c1-3-19-18(25)22-17(24)12(2)23-10-6-7-13(11-23)16-20-14-8-4-5-9-15(14)21-16/h4-5,8-9,12-13H,3,6-7,10-11H2,1-2H3,(H,20,21)(H2,19,22,24,25)/t12-,13-/m1/s1. The summed E-state index contributed by atoms with van der Waals surface area (Å²) in [4.78, 5) is 34.0. The molecular weight excluding hydrogens is 318 g/mol. The summed E-state index contributed by atoms with van der Waals surface area (Å²) in [7, 11) is 0. The van der Waals surface area contributed by atoms with Crippen LogP contribution in [0.4, 0.5) is 4.79 Å². The number of para-hydroxylation sites is 2. The lowest BCUT2D eigenvalue weighted by Gasteiger charge is -2.35. The van der Waals surface area contributed by atoms with Crippen molar-refractivity contribution in [3.05, 3.63) is 30.1 Å². The second-order valence-electron chi connectivity index (χ2n) is 6.50. The summed E-state index contributed by atoms with van der Waals surface area (Å²) in [5.41, 5.74) is 2.01. The Labute approximate surface area is 147 Å². The maximum Gasteiger partial charge on any atom is 0.321 e. The summed E-state index contributed by atoms with van der Waals surface area (Å²) in [5, 5.41) is 4.98. The third-order valence-corrected chi connectivity index (χ3v) is 4.75. The number of nitrogens with zero attached hydrogens (tertiary/aromatic N) is 2. The molecule has 0 spiro atoms. The molecule has 1 saturated heterocycles. The first-order chi connectivity index (χ1) is 12.1. The third-order valence-electron chi connectivity index (χ3n) is 4.75. The molecule has 134 valence electrons. The normalized spacial score (nSPS) is 19.5. The first-order valence-corrected chi connectivity index (χ1v) is 8.86. The lowest BCUT2D eigenvalue weighted by molar-refractivity contribution is -0.125. The molecule has 7 nitrogen and oxygen atoms in total. The van der Waals surface area contributed by atoms with Crippen LogP contribution in [0.15, 0.2) is 24.3 Å². The minimum atomic E-state index is -0.440. The topological polar surface area (TPSA) is 90.1 Å². The molecule has 1 aliphatic heterocycles. The SMILES string of the molecule is CCNC(=O)NC(=O)[C@@H](C)N1CCC[C@@H](c2nc3ccccc3[nH]2)C1. The zero-order valence-corrected chi connectivity index (χ0v) is 14.7. The van der Waals surface area contributed by atoms with Crippen LogP contribution in [0.2, 0.25) is 0 Å². The number of piperidine rings is 1. The first kappa shape index (κ1) is 17.4. The number of hydrogen-bond acceptors (Lipinski definition) is 4. The average molecular weight is 343 g/mol. The number of benzene rings is 1. The summed E-state index contributed by atoms with van der Waals surface area (Å²) in [6, 6.07) is 7.20. The maximum atomic E-state index is 12.3. The predicted molar refractivity (Wildman–Crippen MR) is 96.3 cm³/mol. The van der Waals surface area contributed by atoms with Gasteiger partial charge in [0.05, 0.1) is 17.1 Å². The molecule has 3 amide bonds. The van der Waals surface area contributed by atoms with Crippen LogP contribution in [-0.4, -0.2) is 52.5 Å². The number of imide groups is 1. The number of hydrogen-bond donors (Lipinski definition) is 3. The smallest absolute Gasteiger partial charge is 0.321 e. The number of urea groups is 1. The fourth-order valence-electron chi connectivity index (χ4n) is 3.33. The number of aromatic nitrogens is 2. The number of rotatable bonds is 4. The third kappa shape index (κ3) is 3.99. The van der Waals surface area contributed by atoms with E-state index in [1.807, 2.05) is 38.1 Å². The number of likely N-dealkylation sites (tertiary alicyclic amines) is 1. The Morgan fingerprint density at radius 3 is 2.96 bits per heavy atom. The molecule has 0 radical (unpaired) electrons. The number of carbonyl (C=O) groups is 2. The monoisotopic (exact) mass is 343 g/mol. The Morgan fingerprint density at radius 1 is 1.40 bits per heavy atom. The fourth-order valence-corrected chi connectivity index (χ4v) is 3.33. The van der Waals surface area contributed by atoms with Crippen molar-refractivity contribution < 1.29 is 9.59 Å². The molecule has 2 heterocycles. The molecule has 0 bridgehead atoms. The minimum absolute atomic E-state index is 0.265. The number of fused-ring (bicyclic) bond motifs is 1. The van der Waals surface area contributed by atoms with Crippen LogP contribution in [0.25, 0.3) is 11.0 Å². The van der Waals surface area contributed by atoms with E-state index in [1.165, 1.54) is 0 Å². The van der Waals surface area contributed by atoms with E-state index in [1.54, 1.807) is 0 Å². The van der Waals surface area contributed by atoms with Crippen molar-refractivity contribution >= 4 is 23.0 Å². The van der Waals surface area contributed by atoms with E-state index in [4.69, 9.17) is 4.98 Å². The molecule has 0 unspecified atom stereocenters. The molecule has 0 aliphatic carbocycles. The largest absolute Gasteiger partial charge is 0.342 e. The van der Waals surface area contributed by atoms with Crippen molar-refractivity contribution in [3.63, 3.8) is 0 Å². The maximum absolute atomic E-state index is 12.3. The van der Waals surface area contributed by atoms with Crippen molar-refractivity contribution in [2.24, 2.45) is 0 Å². The molecule has 3 rings (SSSR count). The molecular formula is C18H25N5O2. The number of aromatic amines is 1. The second-order valence-corrected chi connectivity index (χ2v) is 6.50. The van der Waals surface area contributed by atoms with Gasteiger partial charge in [0.1, 0.15) is 5.82 Å². The number of amides is 3. The number of imidazole rings is 1. The van der Waals surface area contributed by atoms with Crippen LogP contribution < -0.4 is 10.6 Å². The Kier molecular flexibility index (Phi) is 5.33.